The summed E-state index contributed by atoms with van der Waals surface area (Å²) in [6.45, 7) is 7.97. The Morgan fingerprint density at radius 2 is 2.06 bits per heavy atom. The molecule has 0 saturated heterocycles. The zero-order valence-corrected chi connectivity index (χ0v) is 10.6. The maximum Gasteiger partial charge on any atom is 0.0704 e. The van der Waals surface area contributed by atoms with E-state index in [1.807, 2.05) is 0 Å². The third-order valence-electron chi connectivity index (χ3n) is 2.77. The summed E-state index contributed by atoms with van der Waals surface area (Å²) in [4.78, 5) is 0. The van der Waals surface area contributed by atoms with Gasteiger partial charge in [0, 0.05) is 6.54 Å². The first-order valence-electron chi connectivity index (χ1n) is 6.08. The van der Waals surface area contributed by atoms with Crippen molar-refractivity contribution in [1.82, 2.24) is 5.32 Å². The molecule has 2 nitrogen and oxygen atoms in total. The van der Waals surface area contributed by atoms with Crippen LogP contribution in [0.15, 0.2) is 18.2 Å². The molecule has 2 N–H and O–H groups in total. The van der Waals surface area contributed by atoms with E-state index >= 15 is 0 Å². The molecule has 0 aliphatic rings. The van der Waals surface area contributed by atoms with Gasteiger partial charge in [-0.05, 0) is 44.4 Å². The first-order chi connectivity index (χ1) is 7.63. The van der Waals surface area contributed by atoms with Crippen LogP contribution in [0.2, 0.25) is 0 Å². The predicted molar refractivity (Wildman–Crippen MR) is 68.8 cm³/mol. The molecule has 0 amide bonds. The van der Waals surface area contributed by atoms with Gasteiger partial charge in [0.1, 0.15) is 0 Å². The summed E-state index contributed by atoms with van der Waals surface area (Å²) in [6, 6.07) is 6.40. The summed E-state index contributed by atoms with van der Waals surface area (Å²) in [5, 5.41) is 13.1. The summed E-state index contributed by atoms with van der Waals surface area (Å²) in [6.07, 6.45) is 1.56. The SMILES string of the molecule is CCCNCC(O)Cc1cc(C)ccc1C. The Morgan fingerprint density at radius 3 is 2.75 bits per heavy atom. The molecule has 0 bridgehead atoms. The Hall–Kier alpha value is -0.860. The summed E-state index contributed by atoms with van der Waals surface area (Å²) in [5.74, 6) is 0. The molecule has 90 valence electrons. The number of aliphatic hydroxyl groups is 1. The molecule has 0 radical (unpaired) electrons. The normalized spacial score (nSPS) is 12.8. The topological polar surface area (TPSA) is 32.3 Å². The minimum atomic E-state index is -0.285. The van der Waals surface area contributed by atoms with Crippen molar-refractivity contribution < 1.29 is 5.11 Å². The van der Waals surface area contributed by atoms with Gasteiger partial charge >= 0.3 is 0 Å². The van der Waals surface area contributed by atoms with Gasteiger partial charge in [0.05, 0.1) is 6.10 Å². The molecule has 0 saturated carbocycles. The van der Waals surface area contributed by atoms with Crippen LogP contribution < -0.4 is 5.32 Å². The van der Waals surface area contributed by atoms with E-state index in [0.29, 0.717) is 6.54 Å². The highest BCUT2D eigenvalue weighted by atomic mass is 16.3. The number of rotatable bonds is 6. The van der Waals surface area contributed by atoms with Crippen molar-refractivity contribution in [2.75, 3.05) is 13.1 Å². The predicted octanol–water partition coefficient (Wildman–Crippen LogP) is 2.21. The van der Waals surface area contributed by atoms with Crippen LogP contribution in [0.25, 0.3) is 0 Å². The standard InChI is InChI=1S/C14H23NO/c1-4-7-15-10-14(16)9-13-8-11(2)5-6-12(13)3/h5-6,8,14-16H,4,7,9-10H2,1-3H3. The molecule has 1 unspecified atom stereocenters. The second-order valence-electron chi connectivity index (χ2n) is 4.49. The van der Waals surface area contributed by atoms with Gasteiger partial charge in [-0.15, -0.1) is 0 Å². The molecule has 0 spiro atoms. The van der Waals surface area contributed by atoms with Crippen LogP contribution in [0.3, 0.4) is 0 Å². The smallest absolute Gasteiger partial charge is 0.0704 e. The van der Waals surface area contributed by atoms with Crippen molar-refractivity contribution in [3.63, 3.8) is 0 Å². The number of aryl methyl sites for hydroxylation is 2. The average molecular weight is 221 g/mol. The molecular weight excluding hydrogens is 198 g/mol. The largest absolute Gasteiger partial charge is 0.391 e. The highest BCUT2D eigenvalue weighted by Crippen LogP contribution is 2.12. The van der Waals surface area contributed by atoms with Crippen molar-refractivity contribution in [3.8, 4) is 0 Å². The van der Waals surface area contributed by atoms with Gasteiger partial charge in [0.25, 0.3) is 0 Å². The molecule has 0 heterocycles. The van der Waals surface area contributed by atoms with Gasteiger partial charge in [-0.2, -0.15) is 0 Å². The van der Waals surface area contributed by atoms with E-state index < -0.39 is 0 Å². The quantitative estimate of drug-likeness (QED) is 0.722. The lowest BCUT2D eigenvalue weighted by Gasteiger charge is -2.13. The van der Waals surface area contributed by atoms with Crippen molar-refractivity contribution >= 4 is 0 Å². The van der Waals surface area contributed by atoms with Crippen LogP contribution in [-0.4, -0.2) is 24.3 Å². The maximum atomic E-state index is 9.88. The van der Waals surface area contributed by atoms with Crippen LogP contribution in [0, 0.1) is 13.8 Å². The third-order valence-corrected chi connectivity index (χ3v) is 2.77. The lowest BCUT2D eigenvalue weighted by Crippen LogP contribution is -2.29. The fourth-order valence-electron chi connectivity index (χ4n) is 1.79. The first-order valence-corrected chi connectivity index (χ1v) is 6.08. The number of benzene rings is 1. The Morgan fingerprint density at radius 1 is 1.31 bits per heavy atom. The van der Waals surface area contributed by atoms with Crippen LogP contribution in [0.4, 0.5) is 0 Å². The van der Waals surface area contributed by atoms with Crippen molar-refractivity contribution in [2.45, 2.75) is 39.7 Å². The van der Waals surface area contributed by atoms with Crippen molar-refractivity contribution in [1.29, 1.82) is 0 Å². The fourth-order valence-corrected chi connectivity index (χ4v) is 1.79. The Balaban J connectivity index is 2.48. The molecule has 0 aromatic heterocycles. The molecule has 0 fully saturated rings. The molecule has 0 aliphatic heterocycles. The van der Waals surface area contributed by atoms with Crippen LogP contribution in [0.1, 0.15) is 30.0 Å². The summed E-state index contributed by atoms with van der Waals surface area (Å²) >= 11 is 0. The van der Waals surface area contributed by atoms with Crippen LogP contribution >= 0.6 is 0 Å². The Labute approximate surface area is 98.7 Å². The van der Waals surface area contributed by atoms with Gasteiger partial charge in [0.2, 0.25) is 0 Å². The summed E-state index contributed by atoms with van der Waals surface area (Å²) in [7, 11) is 0. The van der Waals surface area contributed by atoms with E-state index in [0.717, 1.165) is 19.4 Å². The highest BCUT2D eigenvalue weighted by molar-refractivity contribution is 5.30. The van der Waals surface area contributed by atoms with Gasteiger partial charge < -0.3 is 10.4 Å². The number of hydrogen-bond acceptors (Lipinski definition) is 2. The lowest BCUT2D eigenvalue weighted by molar-refractivity contribution is 0.172. The molecule has 0 aliphatic carbocycles. The van der Waals surface area contributed by atoms with E-state index in [1.165, 1.54) is 16.7 Å². The van der Waals surface area contributed by atoms with Crippen LogP contribution in [0.5, 0.6) is 0 Å². The Kier molecular flexibility index (Phi) is 5.50. The monoisotopic (exact) mass is 221 g/mol. The van der Waals surface area contributed by atoms with E-state index in [4.69, 9.17) is 0 Å². The zero-order chi connectivity index (χ0) is 12.0. The number of aliphatic hydroxyl groups excluding tert-OH is 1. The van der Waals surface area contributed by atoms with E-state index in [-0.39, 0.29) is 6.10 Å². The Bertz CT molecular complexity index is 323. The molecule has 1 aromatic carbocycles. The van der Waals surface area contributed by atoms with E-state index in [2.05, 4.69) is 44.3 Å². The molecular formula is C14H23NO. The summed E-state index contributed by atoms with van der Waals surface area (Å²) in [5.41, 5.74) is 3.78. The maximum absolute atomic E-state index is 9.88. The molecule has 16 heavy (non-hydrogen) atoms. The minimum Gasteiger partial charge on any atom is -0.391 e. The first kappa shape index (κ1) is 13.2. The van der Waals surface area contributed by atoms with Crippen molar-refractivity contribution in [2.24, 2.45) is 0 Å². The minimum absolute atomic E-state index is 0.285. The highest BCUT2D eigenvalue weighted by Gasteiger charge is 2.07. The van der Waals surface area contributed by atoms with Gasteiger partial charge in [0.15, 0.2) is 0 Å². The second-order valence-corrected chi connectivity index (χ2v) is 4.49. The lowest BCUT2D eigenvalue weighted by atomic mass is 10.0. The van der Waals surface area contributed by atoms with Crippen molar-refractivity contribution in [3.05, 3.63) is 34.9 Å². The second kappa shape index (κ2) is 6.66. The van der Waals surface area contributed by atoms with E-state index in [1.54, 1.807) is 0 Å². The fraction of sp³-hybridized carbons (Fsp3) is 0.571. The summed E-state index contributed by atoms with van der Waals surface area (Å²) < 4.78 is 0. The number of hydrogen-bond donors (Lipinski definition) is 2. The molecule has 2 heteroatoms. The molecule has 1 atom stereocenters. The molecule has 1 rings (SSSR count). The van der Waals surface area contributed by atoms with Gasteiger partial charge in [-0.3, -0.25) is 0 Å². The van der Waals surface area contributed by atoms with E-state index in [9.17, 15) is 5.11 Å². The van der Waals surface area contributed by atoms with Gasteiger partial charge in [-0.25, -0.2) is 0 Å². The number of nitrogens with one attached hydrogen (secondary N) is 1. The average Bonchev–Trinajstić information content (AvgIpc) is 2.24. The van der Waals surface area contributed by atoms with Gasteiger partial charge in [-0.1, -0.05) is 30.7 Å². The third kappa shape index (κ3) is 4.33. The van der Waals surface area contributed by atoms with Crippen LogP contribution in [-0.2, 0) is 6.42 Å². The molecule has 1 aromatic rings. The zero-order valence-electron chi connectivity index (χ0n) is 10.6.